The minimum Gasteiger partial charge on any atom is -0.490 e. The van der Waals surface area contributed by atoms with E-state index in [1.807, 2.05) is 0 Å². The number of nitrogens with one attached hydrogen (secondary N) is 1. The zero-order valence-electron chi connectivity index (χ0n) is 19.8. The highest BCUT2D eigenvalue weighted by Gasteiger charge is 2.37. The number of ether oxygens (including phenoxy) is 2. The fourth-order valence-electron chi connectivity index (χ4n) is 3.62. The van der Waals surface area contributed by atoms with E-state index in [4.69, 9.17) is 21.1 Å². The molecule has 0 atom stereocenters. The summed E-state index contributed by atoms with van der Waals surface area (Å²) in [5, 5.41) is 13.4. The Morgan fingerprint density at radius 2 is 1.82 bits per heavy atom. The Kier molecular flexibility index (Phi) is 8.08. The molecule has 1 aliphatic heterocycles. The molecule has 10 nitrogen and oxygen atoms in total. The molecule has 1 heterocycles. The highest BCUT2D eigenvalue weighted by Crippen LogP contribution is 2.38. The number of benzene rings is 3. The van der Waals surface area contributed by atoms with Gasteiger partial charge in [-0.05, 0) is 82.5 Å². The van der Waals surface area contributed by atoms with Crippen molar-refractivity contribution in [2.24, 2.45) is 0 Å². The van der Waals surface area contributed by atoms with Crippen LogP contribution < -0.4 is 19.7 Å². The third-order valence-corrected chi connectivity index (χ3v) is 6.17. The van der Waals surface area contributed by atoms with Gasteiger partial charge in [0, 0.05) is 17.2 Å². The molecule has 38 heavy (non-hydrogen) atoms. The Morgan fingerprint density at radius 3 is 2.47 bits per heavy atom. The molecule has 0 aliphatic carbocycles. The molecule has 1 fully saturated rings. The van der Waals surface area contributed by atoms with Crippen LogP contribution in [0, 0.1) is 10.1 Å². The van der Waals surface area contributed by atoms with Gasteiger partial charge in [0.05, 0.1) is 21.7 Å². The molecule has 0 saturated carbocycles. The highest BCUT2D eigenvalue weighted by molar-refractivity contribution is 9.10. The van der Waals surface area contributed by atoms with Crippen LogP contribution in [0.15, 0.2) is 70.7 Å². The van der Waals surface area contributed by atoms with Crippen LogP contribution in [0.5, 0.6) is 11.5 Å². The highest BCUT2D eigenvalue weighted by atomic mass is 79.9. The van der Waals surface area contributed by atoms with E-state index in [-0.39, 0.29) is 23.6 Å². The zero-order chi connectivity index (χ0) is 27.4. The number of rotatable bonds is 8. The lowest BCUT2D eigenvalue weighted by Gasteiger charge is -2.26. The Balaban J connectivity index is 1.63. The first-order valence-corrected chi connectivity index (χ1v) is 12.3. The first-order valence-electron chi connectivity index (χ1n) is 11.2. The molecular formula is C26H19BrClN3O7. The van der Waals surface area contributed by atoms with E-state index < -0.39 is 22.8 Å². The van der Waals surface area contributed by atoms with E-state index in [0.717, 1.165) is 4.90 Å². The predicted octanol–water partition coefficient (Wildman–Crippen LogP) is 5.65. The number of hydrogen-bond acceptors (Lipinski definition) is 7. The summed E-state index contributed by atoms with van der Waals surface area (Å²) in [4.78, 5) is 49.4. The summed E-state index contributed by atoms with van der Waals surface area (Å²) in [5.74, 6) is -0.955. The van der Waals surface area contributed by atoms with Gasteiger partial charge in [-0.2, -0.15) is 0 Å². The van der Waals surface area contributed by atoms with Gasteiger partial charge in [0.1, 0.15) is 12.2 Å². The smallest absolute Gasteiger partial charge is 0.335 e. The molecule has 0 unspecified atom stereocenters. The molecular weight excluding hydrogens is 582 g/mol. The molecule has 0 spiro atoms. The topological polar surface area (TPSA) is 128 Å². The van der Waals surface area contributed by atoms with E-state index in [2.05, 4.69) is 21.2 Å². The summed E-state index contributed by atoms with van der Waals surface area (Å²) in [7, 11) is 0. The normalized spacial score (nSPS) is 14.4. The maximum atomic E-state index is 13.2. The summed E-state index contributed by atoms with van der Waals surface area (Å²) in [6.45, 7) is 2.19. The number of anilines is 1. The minimum atomic E-state index is -0.884. The number of nitro benzene ring substituents is 1. The van der Waals surface area contributed by atoms with Gasteiger partial charge in [-0.3, -0.25) is 25.0 Å². The van der Waals surface area contributed by atoms with Crippen LogP contribution >= 0.6 is 27.5 Å². The second-order valence-corrected chi connectivity index (χ2v) is 9.20. The fourth-order valence-corrected chi connectivity index (χ4v) is 4.38. The molecule has 0 bridgehead atoms. The third kappa shape index (κ3) is 5.84. The number of barbiturate groups is 1. The number of non-ortho nitro benzene ring substituents is 1. The van der Waals surface area contributed by atoms with Crippen LogP contribution in [0.4, 0.5) is 16.2 Å². The standard InChI is InChI=1S/C26H19BrClN3O7/c1-2-37-22-12-16(11-21(27)23(22)38-14-15-6-8-18(9-7-15)31(35)36)10-20-24(32)29-26(34)30(25(20)33)19-5-3-4-17(28)13-19/h3-13H,2,14H2,1H3,(H,29,32,34)/b20-10+. The summed E-state index contributed by atoms with van der Waals surface area (Å²) in [5.41, 5.74) is 1.05. The Labute approximate surface area is 230 Å². The van der Waals surface area contributed by atoms with Crippen molar-refractivity contribution >= 4 is 62.8 Å². The van der Waals surface area contributed by atoms with Crippen molar-refractivity contribution in [2.45, 2.75) is 13.5 Å². The van der Waals surface area contributed by atoms with Gasteiger partial charge < -0.3 is 9.47 Å². The monoisotopic (exact) mass is 599 g/mol. The van der Waals surface area contributed by atoms with Crippen molar-refractivity contribution in [3.8, 4) is 11.5 Å². The first-order chi connectivity index (χ1) is 18.2. The molecule has 12 heteroatoms. The van der Waals surface area contributed by atoms with Gasteiger partial charge in [0.15, 0.2) is 11.5 Å². The van der Waals surface area contributed by atoms with E-state index in [1.54, 1.807) is 43.3 Å². The lowest BCUT2D eigenvalue weighted by molar-refractivity contribution is -0.384. The van der Waals surface area contributed by atoms with Crippen LogP contribution in [0.25, 0.3) is 6.08 Å². The van der Waals surface area contributed by atoms with Crippen molar-refractivity contribution in [3.05, 3.63) is 97.0 Å². The number of hydrogen-bond donors (Lipinski definition) is 1. The first kappa shape index (κ1) is 26.8. The molecule has 4 rings (SSSR count). The maximum Gasteiger partial charge on any atom is 0.335 e. The van der Waals surface area contributed by atoms with Crippen LogP contribution in [-0.2, 0) is 16.2 Å². The van der Waals surface area contributed by atoms with Gasteiger partial charge in [-0.25, -0.2) is 9.69 Å². The Hall–Kier alpha value is -4.22. The third-order valence-electron chi connectivity index (χ3n) is 5.34. The SMILES string of the molecule is CCOc1cc(/C=C2\C(=O)NC(=O)N(c3cccc(Cl)c3)C2=O)cc(Br)c1OCc1ccc([N+](=O)[O-])cc1. The van der Waals surface area contributed by atoms with Crippen molar-refractivity contribution < 1.29 is 28.8 Å². The van der Waals surface area contributed by atoms with Crippen LogP contribution in [0.3, 0.4) is 0 Å². The van der Waals surface area contributed by atoms with Crippen LogP contribution in [0.1, 0.15) is 18.1 Å². The number of imide groups is 2. The fraction of sp³-hybridized carbons (Fsp3) is 0.115. The Morgan fingerprint density at radius 1 is 1.08 bits per heavy atom. The molecule has 1 aliphatic rings. The number of carbonyl (C=O) groups excluding carboxylic acids is 3. The van der Waals surface area contributed by atoms with Gasteiger partial charge in [-0.15, -0.1) is 0 Å². The molecule has 4 amide bonds. The quantitative estimate of drug-likeness (QED) is 0.153. The van der Waals surface area contributed by atoms with Gasteiger partial charge in [0.2, 0.25) is 0 Å². The molecule has 3 aromatic rings. The number of nitro groups is 1. The number of amides is 4. The van der Waals surface area contributed by atoms with Gasteiger partial charge >= 0.3 is 6.03 Å². The lowest BCUT2D eigenvalue weighted by atomic mass is 10.1. The number of nitrogens with zero attached hydrogens (tertiary/aromatic N) is 2. The van der Waals surface area contributed by atoms with Crippen LogP contribution in [-0.4, -0.2) is 29.4 Å². The summed E-state index contributed by atoms with van der Waals surface area (Å²) < 4.78 is 12.1. The molecule has 0 radical (unpaired) electrons. The molecule has 1 N–H and O–H groups in total. The van der Waals surface area contributed by atoms with Crippen molar-refractivity contribution in [3.63, 3.8) is 0 Å². The summed E-state index contributed by atoms with van der Waals surface area (Å²) >= 11 is 9.45. The predicted molar refractivity (Wildman–Crippen MR) is 143 cm³/mol. The number of halogens is 2. The zero-order valence-corrected chi connectivity index (χ0v) is 22.1. The number of carbonyl (C=O) groups is 3. The largest absolute Gasteiger partial charge is 0.490 e. The van der Waals surface area contributed by atoms with E-state index >= 15 is 0 Å². The van der Waals surface area contributed by atoms with Crippen LogP contribution in [0.2, 0.25) is 5.02 Å². The average Bonchev–Trinajstić information content (AvgIpc) is 2.86. The second kappa shape index (κ2) is 11.4. The summed E-state index contributed by atoms with van der Waals surface area (Å²) in [6, 6.07) is 14.4. The van der Waals surface area contributed by atoms with Gasteiger partial charge in [-0.1, -0.05) is 17.7 Å². The Bertz CT molecular complexity index is 1470. The molecule has 3 aromatic carbocycles. The van der Waals surface area contributed by atoms with Gasteiger partial charge in [0.25, 0.3) is 17.5 Å². The van der Waals surface area contributed by atoms with E-state index in [1.165, 1.54) is 30.3 Å². The van der Waals surface area contributed by atoms with Crippen molar-refractivity contribution in [1.29, 1.82) is 0 Å². The summed E-state index contributed by atoms with van der Waals surface area (Å²) in [6.07, 6.45) is 1.34. The molecule has 1 saturated heterocycles. The second-order valence-electron chi connectivity index (χ2n) is 7.91. The maximum absolute atomic E-state index is 13.2. The number of urea groups is 1. The van der Waals surface area contributed by atoms with E-state index in [9.17, 15) is 24.5 Å². The average molecular weight is 601 g/mol. The molecule has 0 aromatic heterocycles. The van der Waals surface area contributed by atoms with E-state index in [0.29, 0.717) is 38.7 Å². The van der Waals surface area contributed by atoms with Crippen molar-refractivity contribution in [2.75, 3.05) is 11.5 Å². The molecule has 194 valence electrons. The lowest BCUT2D eigenvalue weighted by Crippen LogP contribution is -2.54. The minimum absolute atomic E-state index is 0.0285. The van der Waals surface area contributed by atoms with Crippen molar-refractivity contribution in [1.82, 2.24) is 5.32 Å².